The van der Waals surface area contributed by atoms with Crippen LogP contribution in [-0.4, -0.2) is 45.9 Å². The Morgan fingerprint density at radius 3 is 1.00 bits per heavy atom. The number of rotatable bonds is 0. The fraction of sp³-hybridized carbons (Fsp3) is 0. The Kier molecular flexibility index (Phi) is 228. The summed E-state index contributed by atoms with van der Waals surface area (Å²) in [5.74, 6) is 0. The van der Waals surface area contributed by atoms with Gasteiger partial charge < -0.3 is 5.48 Å². The van der Waals surface area contributed by atoms with Gasteiger partial charge in [-0.1, -0.05) is 0 Å². The van der Waals surface area contributed by atoms with Crippen LogP contribution in [0.2, 0.25) is 0 Å². The summed E-state index contributed by atoms with van der Waals surface area (Å²) in [5.41, 5.74) is 0. The summed E-state index contributed by atoms with van der Waals surface area (Å²) in [6, 6.07) is 0. The molecule has 0 rings (SSSR count). The average molecular weight is 133 g/mol. The third-order valence-electron chi connectivity index (χ3n) is 0. The zero-order valence-corrected chi connectivity index (χ0v) is 1.87. The molecule has 1 radical (unpaired) electrons. The molecule has 0 fully saturated rings. The zero-order valence-electron chi connectivity index (χ0n) is 0.833. The van der Waals surface area contributed by atoms with Crippen LogP contribution in [0, 0.1) is 0 Å². The molecule has 0 aromatic carbocycles. The summed E-state index contributed by atoms with van der Waals surface area (Å²) in [7, 11) is 0. The first-order valence-corrected chi connectivity index (χ1v) is 0. The van der Waals surface area contributed by atoms with Crippen molar-refractivity contribution in [2.24, 2.45) is 0 Å². The Morgan fingerprint density at radius 1 is 1.00 bits per heavy atom. The first-order valence-electron chi connectivity index (χ1n) is 0. The largest absolute Gasteiger partial charge is 0.412 e. The van der Waals surface area contributed by atoms with E-state index in [0.717, 1.165) is 0 Å². The van der Waals surface area contributed by atoms with Crippen LogP contribution < -0.4 is 0 Å². The molecule has 0 bridgehead atoms. The van der Waals surface area contributed by atoms with E-state index in [1.54, 1.807) is 0 Å². The second-order valence-electron chi connectivity index (χ2n) is 0. The second kappa shape index (κ2) is 21.7. The van der Waals surface area contributed by atoms with E-state index in [0.29, 0.717) is 0 Å². The summed E-state index contributed by atoms with van der Waals surface area (Å²) in [6.07, 6.45) is 0. The van der Waals surface area contributed by atoms with Gasteiger partial charge in [0, 0.05) is 16.8 Å². The minimum Gasteiger partial charge on any atom is -0.412 e. The normalized spacial score (nSPS) is 0. The molecular formula is H7AlCoMgO. The van der Waals surface area contributed by atoms with Gasteiger partial charge in [0.05, 0.1) is 0 Å². The van der Waals surface area contributed by atoms with Gasteiger partial charge in [-0.15, -0.1) is 0 Å². The van der Waals surface area contributed by atoms with Gasteiger partial charge in [0.25, 0.3) is 0 Å². The molecule has 27 valence electrons. The van der Waals surface area contributed by atoms with E-state index in [9.17, 15) is 0 Å². The molecule has 4 heavy (non-hydrogen) atoms. The molecule has 0 unspecified atom stereocenters. The van der Waals surface area contributed by atoms with Crippen molar-refractivity contribution in [3.63, 3.8) is 0 Å². The SMILES string of the molecule is O.[AlH3].[Co].[MgH2]. The molecular weight excluding hydrogens is 126 g/mol. The van der Waals surface area contributed by atoms with Crippen LogP contribution in [0.3, 0.4) is 0 Å². The predicted octanol–water partition coefficient (Wildman–Crippen LogP) is -2.93. The van der Waals surface area contributed by atoms with E-state index in [-0.39, 0.29) is 62.7 Å². The Balaban J connectivity index is 0. The van der Waals surface area contributed by atoms with Gasteiger partial charge in [0.1, 0.15) is 0 Å². The molecule has 0 aliphatic rings. The van der Waals surface area contributed by atoms with E-state index in [4.69, 9.17) is 0 Å². The maximum Gasteiger partial charge on any atom is 0.316 e. The standard InChI is InChI=1S/Al.Co.Mg.H2O.5H/h;;;1H2;;;;;. The molecule has 0 heterocycles. The first-order chi connectivity index (χ1) is 0. The van der Waals surface area contributed by atoms with Crippen molar-refractivity contribution in [3.8, 4) is 0 Å². The monoisotopic (exact) mass is 133 g/mol. The average Bonchev–Trinajstić information content (AvgIpc) is 0. The first kappa shape index (κ1) is 42.0. The van der Waals surface area contributed by atoms with Crippen LogP contribution in [0.5, 0.6) is 0 Å². The van der Waals surface area contributed by atoms with Crippen LogP contribution in [0.15, 0.2) is 0 Å². The minimum atomic E-state index is 0. The maximum absolute atomic E-state index is 0. The van der Waals surface area contributed by atoms with Crippen LogP contribution >= 0.6 is 0 Å². The summed E-state index contributed by atoms with van der Waals surface area (Å²) in [6.45, 7) is 0. The molecule has 0 atom stereocenters. The van der Waals surface area contributed by atoms with Crippen molar-refractivity contribution in [2.75, 3.05) is 0 Å². The van der Waals surface area contributed by atoms with Crippen molar-refractivity contribution >= 4 is 40.4 Å². The van der Waals surface area contributed by atoms with Crippen molar-refractivity contribution in [2.45, 2.75) is 0 Å². The van der Waals surface area contributed by atoms with Gasteiger partial charge >= 0.3 is 23.1 Å². The minimum absolute atomic E-state index is 0. The summed E-state index contributed by atoms with van der Waals surface area (Å²) < 4.78 is 0. The summed E-state index contributed by atoms with van der Waals surface area (Å²) >= 11 is 0. The van der Waals surface area contributed by atoms with Crippen LogP contribution in [0.25, 0.3) is 0 Å². The van der Waals surface area contributed by atoms with Gasteiger partial charge in [0.2, 0.25) is 0 Å². The Bertz CT molecular complexity index is 8.00. The maximum atomic E-state index is 0. The zero-order chi connectivity index (χ0) is 0. The van der Waals surface area contributed by atoms with E-state index in [1.165, 1.54) is 0 Å². The fourth-order valence-electron chi connectivity index (χ4n) is 0. The third kappa shape index (κ3) is 9.24. The van der Waals surface area contributed by atoms with E-state index < -0.39 is 0 Å². The quantitative estimate of drug-likeness (QED) is 0.317. The Hall–Kier alpha value is 1.77. The van der Waals surface area contributed by atoms with Gasteiger partial charge in [-0.2, -0.15) is 0 Å². The molecule has 0 aliphatic heterocycles. The van der Waals surface area contributed by atoms with Gasteiger partial charge in [-0.05, 0) is 0 Å². The predicted molar refractivity (Wildman–Crippen MR) is 22.1 cm³/mol. The van der Waals surface area contributed by atoms with Crippen molar-refractivity contribution < 1.29 is 22.3 Å². The summed E-state index contributed by atoms with van der Waals surface area (Å²) in [4.78, 5) is 0. The Labute approximate surface area is 62.3 Å². The van der Waals surface area contributed by atoms with Gasteiger partial charge in [-0.3, -0.25) is 0 Å². The smallest absolute Gasteiger partial charge is 0.316 e. The van der Waals surface area contributed by atoms with E-state index in [2.05, 4.69) is 0 Å². The molecule has 0 saturated carbocycles. The van der Waals surface area contributed by atoms with E-state index >= 15 is 0 Å². The fourth-order valence-corrected chi connectivity index (χ4v) is 0. The molecule has 0 spiro atoms. The number of hydrogen-bond donors (Lipinski definition) is 0. The molecule has 1 nitrogen and oxygen atoms in total. The van der Waals surface area contributed by atoms with Crippen molar-refractivity contribution in [1.29, 1.82) is 0 Å². The Morgan fingerprint density at radius 2 is 1.00 bits per heavy atom. The molecule has 0 aromatic heterocycles. The van der Waals surface area contributed by atoms with Crippen LogP contribution in [-0.2, 0) is 16.8 Å². The summed E-state index contributed by atoms with van der Waals surface area (Å²) in [5, 5.41) is 0. The topological polar surface area (TPSA) is 31.5 Å². The molecule has 0 amide bonds. The van der Waals surface area contributed by atoms with Gasteiger partial charge in [-0.25, -0.2) is 0 Å². The van der Waals surface area contributed by atoms with Gasteiger partial charge in [0.15, 0.2) is 17.4 Å². The van der Waals surface area contributed by atoms with Crippen molar-refractivity contribution in [3.05, 3.63) is 0 Å². The molecule has 4 heteroatoms. The van der Waals surface area contributed by atoms with Crippen molar-refractivity contribution in [1.82, 2.24) is 0 Å². The van der Waals surface area contributed by atoms with Crippen LogP contribution in [0.1, 0.15) is 0 Å². The number of hydrogen-bond acceptors (Lipinski definition) is 0. The molecule has 2 N–H and O–H groups in total. The molecule has 0 aromatic rings. The molecule has 0 saturated heterocycles. The second-order valence-corrected chi connectivity index (χ2v) is 0. The van der Waals surface area contributed by atoms with E-state index in [1.807, 2.05) is 0 Å². The third-order valence-corrected chi connectivity index (χ3v) is 0. The van der Waals surface area contributed by atoms with Crippen LogP contribution in [0.4, 0.5) is 0 Å². The molecule has 0 aliphatic carbocycles.